The zero-order chi connectivity index (χ0) is 32.5. The third-order valence-electron chi connectivity index (χ3n) is 7.00. The largest absolute Gasteiger partial charge is 0.496 e. The van der Waals surface area contributed by atoms with Crippen molar-refractivity contribution in [1.82, 2.24) is 15.0 Å². The van der Waals surface area contributed by atoms with E-state index in [2.05, 4.69) is 15.3 Å². The van der Waals surface area contributed by atoms with Gasteiger partial charge in [0, 0.05) is 46.9 Å². The molecule has 0 spiro atoms. The average Bonchev–Trinajstić information content (AvgIpc) is 3.50. The number of sulfone groups is 1. The molecule has 2 aromatic heterocycles. The molecule has 0 aliphatic rings. The number of rotatable bonds is 16. The van der Waals surface area contributed by atoms with Crippen molar-refractivity contribution < 1.29 is 27.0 Å². The van der Waals surface area contributed by atoms with Gasteiger partial charge in [-0.25, -0.2) is 27.8 Å². The van der Waals surface area contributed by atoms with Crippen LogP contribution < -0.4 is 14.8 Å². The summed E-state index contributed by atoms with van der Waals surface area (Å²) in [5.41, 5.74) is 3.65. The maximum absolute atomic E-state index is 13.5. The maximum Gasteiger partial charge on any atom is 0.152 e. The van der Waals surface area contributed by atoms with E-state index in [0.717, 1.165) is 28.1 Å². The van der Waals surface area contributed by atoms with Crippen LogP contribution in [0.25, 0.3) is 22.2 Å². The van der Waals surface area contributed by atoms with Gasteiger partial charge >= 0.3 is 0 Å². The standard InChI is InChI=1S/C33H34ClFN4O5S2/c1-3-13-46(40,41)14-12-43-11-5-8-32-39-29(20-45-32)25-17-26-28(18-31(25)42-2)36-21-37-33(26)38-24-9-10-30(27(34)16-24)44-19-22-6-4-7-23(35)15-22/h4,6-7,9-10,15-18,20-21H,3,5,8,11-14,19H2,1-2H3,(H,36,37,38). The molecule has 242 valence electrons. The van der Waals surface area contributed by atoms with Gasteiger partial charge in [-0.05, 0) is 54.8 Å². The van der Waals surface area contributed by atoms with Crippen LogP contribution in [-0.2, 0) is 27.6 Å². The van der Waals surface area contributed by atoms with E-state index >= 15 is 0 Å². The molecular formula is C33H34ClFN4O5S2. The molecule has 0 saturated heterocycles. The molecule has 3 aromatic carbocycles. The number of thiazole rings is 1. The summed E-state index contributed by atoms with van der Waals surface area (Å²) in [6.45, 7) is 2.71. The number of benzene rings is 3. The summed E-state index contributed by atoms with van der Waals surface area (Å²) in [6, 6.07) is 15.3. The van der Waals surface area contributed by atoms with E-state index in [-0.39, 0.29) is 30.5 Å². The van der Waals surface area contributed by atoms with Gasteiger partial charge in [0.15, 0.2) is 9.84 Å². The Bertz CT molecular complexity index is 1900. The van der Waals surface area contributed by atoms with E-state index < -0.39 is 9.84 Å². The fraction of sp³-hybridized carbons (Fsp3) is 0.303. The first-order valence-electron chi connectivity index (χ1n) is 14.7. The van der Waals surface area contributed by atoms with Gasteiger partial charge < -0.3 is 19.5 Å². The second-order valence-corrected chi connectivity index (χ2v) is 14.1. The summed E-state index contributed by atoms with van der Waals surface area (Å²) in [5, 5.41) is 7.41. The second kappa shape index (κ2) is 15.6. The van der Waals surface area contributed by atoms with Crippen LogP contribution in [0.2, 0.25) is 5.02 Å². The first-order valence-corrected chi connectivity index (χ1v) is 17.8. The summed E-state index contributed by atoms with van der Waals surface area (Å²) in [4.78, 5) is 13.8. The summed E-state index contributed by atoms with van der Waals surface area (Å²) in [6.07, 6.45) is 3.53. The van der Waals surface area contributed by atoms with Crippen molar-refractivity contribution >= 4 is 55.2 Å². The highest BCUT2D eigenvalue weighted by Gasteiger charge is 2.16. The number of nitrogens with one attached hydrogen (secondary N) is 1. The molecule has 0 amide bonds. The molecule has 0 radical (unpaired) electrons. The van der Waals surface area contributed by atoms with Crippen LogP contribution >= 0.6 is 22.9 Å². The van der Waals surface area contributed by atoms with E-state index in [4.69, 9.17) is 30.8 Å². The summed E-state index contributed by atoms with van der Waals surface area (Å²) >= 11 is 8.07. The Morgan fingerprint density at radius 3 is 2.67 bits per heavy atom. The number of aromatic nitrogens is 3. The summed E-state index contributed by atoms with van der Waals surface area (Å²) in [5.74, 6) is 1.60. The Hall–Kier alpha value is -3.84. The van der Waals surface area contributed by atoms with Crippen molar-refractivity contribution in [3.8, 4) is 22.8 Å². The lowest BCUT2D eigenvalue weighted by Crippen LogP contribution is -2.15. The predicted octanol–water partition coefficient (Wildman–Crippen LogP) is 7.65. The first kappa shape index (κ1) is 33.5. The van der Waals surface area contributed by atoms with Crippen LogP contribution in [0.4, 0.5) is 15.9 Å². The topological polar surface area (TPSA) is 113 Å². The lowest BCUT2D eigenvalue weighted by atomic mass is 10.1. The van der Waals surface area contributed by atoms with Crippen LogP contribution in [0, 0.1) is 5.82 Å². The van der Waals surface area contributed by atoms with Crippen LogP contribution in [0.5, 0.6) is 11.5 Å². The van der Waals surface area contributed by atoms with Gasteiger partial charge in [0.1, 0.15) is 36.1 Å². The van der Waals surface area contributed by atoms with Gasteiger partial charge in [-0.3, -0.25) is 0 Å². The molecule has 13 heteroatoms. The maximum atomic E-state index is 13.5. The smallest absolute Gasteiger partial charge is 0.152 e. The third kappa shape index (κ3) is 8.91. The SMILES string of the molecule is CCCS(=O)(=O)CCOCCCc1nc(-c2cc3c(Nc4ccc(OCc5cccc(F)c5)c(Cl)c4)ncnc3cc2OC)cs1. The molecule has 46 heavy (non-hydrogen) atoms. The number of aryl methyl sites for hydroxylation is 1. The normalized spacial score (nSPS) is 11.6. The van der Waals surface area contributed by atoms with Gasteiger partial charge in [-0.1, -0.05) is 30.7 Å². The fourth-order valence-electron chi connectivity index (χ4n) is 4.75. The zero-order valence-electron chi connectivity index (χ0n) is 25.5. The Kier molecular flexibility index (Phi) is 11.4. The van der Waals surface area contributed by atoms with Gasteiger partial charge in [-0.15, -0.1) is 11.3 Å². The molecule has 1 N–H and O–H groups in total. The monoisotopic (exact) mass is 684 g/mol. The van der Waals surface area contributed by atoms with Crippen molar-refractivity contribution in [2.45, 2.75) is 32.8 Å². The van der Waals surface area contributed by atoms with E-state index in [9.17, 15) is 12.8 Å². The second-order valence-electron chi connectivity index (χ2n) is 10.5. The molecule has 0 saturated carbocycles. The van der Waals surface area contributed by atoms with E-state index in [1.54, 1.807) is 42.7 Å². The van der Waals surface area contributed by atoms with E-state index in [0.29, 0.717) is 58.6 Å². The molecule has 0 fully saturated rings. The number of fused-ring (bicyclic) bond motifs is 1. The van der Waals surface area contributed by atoms with Crippen molar-refractivity contribution in [3.63, 3.8) is 0 Å². The minimum Gasteiger partial charge on any atom is -0.496 e. The fourth-order valence-corrected chi connectivity index (χ4v) is 7.02. The summed E-state index contributed by atoms with van der Waals surface area (Å²) < 4.78 is 54.2. The van der Waals surface area contributed by atoms with E-state index in [1.807, 2.05) is 30.5 Å². The van der Waals surface area contributed by atoms with Gasteiger partial charge in [0.05, 0.1) is 40.7 Å². The quantitative estimate of drug-likeness (QED) is 0.105. The van der Waals surface area contributed by atoms with Crippen molar-refractivity contribution in [3.05, 3.63) is 87.7 Å². The van der Waals surface area contributed by atoms with Crippen molar-refractivity contribution in [2.24, 2.45) is 0 Å². The molecule has 5 aromatic rings. The highest BCUT2D eigenvalue weighted by atomic mass is 35.5. The minimum absolute atomic E-state index is 0.0509. The lowest BCUT2D eigenvalue weighted by molar-refractivity contribution is 0.146. The number of halogens is 2. The molecule has 0 aliphatic carbocycles. The molecule has 0 aliphatic heterocycles. The molecule has 0 unspecified atom stereocenters. The Labute approximate surface area is 276 Å². The predicted molar refractivity (Wildman–Crippen MR) is 181 cm³/mol. The van der Waals surface area contributed by atoms with Crippen LogP contribution in [0.15, 0.2) is 66.3 Å². The minimum atomic E-state index is -3.04. The van der Waals surface area contributed by atoms with Crippen LogP contribution in [0.1, 0.15) is 30.3 Å². The molecule has 0 atom stereocenters. The number of nitrogens with zero attached hydrogens (tertiary/aromatic N) is 3. The number of hydrogen-bond acceptors (Lipinski definition) is 10. The molecular weight excluding hydrogens is 651 g/mol. The highest BCUT2D eigenvalue weighted by molar-refractivity contribution is 7.91. The number of ether oxygens (including phenoxy) is 3. The van der Waals surface area contributed by atoms with Crippen LogP contribution in [0.3, 0.4) is 0 Å². The Balaban J connectivity index is 1.26. The Morgan fingerprint density at radius 1 is 1.02 bits per heavy atom. The lowest BCUT2D eigenvalue weighted by Gasteiger charge is -2.13. The average molecular weight is 685 g/mol. The van der Waals surface area contributed by atoms with Crippen molar-refractivity contribution in [1.29, 1.82) is 0 Å². The van der Waals surface area contributed by atoms with Gasteiger partial charge in [0.25, 0.3) is 0 Å². The number of methoxy groups -OCH3 is 1. The van der Waals surface area contributed by atoms with Crippen LogP contribution in [-0.4, -0.2) is 55.2 Å². The third-order valence-corrected chi connectivity index (χ3v) is 10.0. The van der Waals surface area contributed by atoms with Gasteiger partial charge in [0.2, 0.25) is 0 Å². The summed E-state index contributed by atoms with van der Waals surface area (Å²) in [7, 11) is -1.43. The molecule has 0 bridgehead atoms. The number of hydrogen-bond donors (Lipinski definition) is 1. The van der Waals surface area contributed by atoms with Crippen molar-refractivity contribution in [2.75, 3.05) is 37.1 Å². The first-order chi connectivity index (χ1) is 22.2. The number of anilines is 2. The molecule has 9 nitrogen and oxygen atoms in total. The zero-order valence-corrected chi connectivity index (χ0v) is 27.9. The van der Waals surface area contributed by atoms with E-state index in [1.165, 1.54) is 18.5 Å². The van der Waals surface area contributed by atoms with Gasteiger partial charge in [-0.2, -0.15) is 0 Å². The Morgan fingerprint density at radius 2 is 1.89 bits per heavy atom. The highest BCUT2D eigenvalue weighted by Crippen LogP contribution is 2.37. The molecule has 5 rings (SSSR count). The molecule has 2 heterocycles.